The summed E-state index contributed by atoms with van der Waals surface area (Å²) in [7, 11) is 0. The van der Waals surface area contributed by atoms with Crippen molar-refractivity contribution in [2.45, 2.75) is 68.7 Å². The molecular formula is C48H47N2O3S5+. The molecule has 296 valence electrons. The molecular weight excluding hydrogens is 813 g/mol. The van der Waals surface area contributed by atoms with E-state index in [9.17, 15) is 9.59 Å². The number of anilines is 1. The Morgan fingerprint density at radius 3 is 2.38 bits per heavy atom. The predicted octanol–water partition coefficient (Wildman–Crippen LogP) is 13.2. The van der Waals surface area contributed by atoms with Crippen molar-refractivity contribution >= 4 is 90.9 Å². The van der Waals surface area contributed by atoms with Crippen LogP contribution in [0.25, 0.3) is 27.4 Å². The summed E-state index contributed by atoms with van der Waals surface area (Å²) < 4.78 is 9.80. The molecule has 0 N–H and O–H groups in total. The minimum Gasteiger partial charge on any atom is -0.421 e. The smallest absolute Gasteiger partial charge is 0.263 e. The summed E-state index contributed by atoms with van der Waals surface area (Å²) in [6.45, 7) is 5.03. The normalized spacial score (nSPS) is 17.6. The second-order valence-corrected chi connectivity index (χ2v) is 20.2. The molecule has 1 unspecified atom stereocenters. The topological polar surface area (TPSA) is 50.5 Å². The van der Waals surface area contributed by atoms with Gasteiger partial charge in [0.2, 0.25) is 5.52 Å². The predicted molar refractivity (Wildman–Crippen MR) is 250 cm³/mol. The van der Waals surface area contributed by atoms with Crippen molar-refractivity contribution < 1.29 is 18.3 Å². The number of rotatable bonds is 14. The summed E-state index contributed by atoms with van der Waals surface area (Å²) in [6.07, 6.45) is 16.1. The molecule has 0 amide bonds. The molecule has 0 saturated heterocycles. The molecule has 0 fully saturated rings. The zero-order chi connectivity index (χ0) is 39.8. The van der Waals surface area contributed by atoms with Crippen molar-refractivity contribution in [2.24, 2.45) is 5.92 Å². The van der Waals surface area contributed by atoms with Gasteiger partial charge in [-0.2, -0.15) is 4.57 Å². The van der Waals surface area contributed by atoms with Gasteiger partial charge in [-0.25, -0.2) is 0 Å². The number of benzene rings is 4. The number of aryl methyl sites for hydroxylation is 1. The highest BCUT2D eigenvalue weighted by molar-refractivity contribution is 8.13. The lowest BCUT2D eigenvalue weighted by molar-refractivity contribution is -0.668. The van der Waals surface area contributed by atoms with E-state index in [-0.39, 0.29) is 10.2 Å². The number of nitrogens with zero attached hydrogens (tertiary/aromatic N) is 2. The Morgan fingerprint density at radius 1 is 0.828 bits per heavy atom. The number of thioether (sulfide) groups is 3. The molecule has 0 saturated carbocycles. The third-order valence-electron chi connectivity index (χ3n) is 10.5. The number of aromatic nitrogens is 1. The molecule has 5 aromatic rings. The monoisotopic (exact) mass is 859 g/mol. The van der Waals surface area contributed by atoms with Gasteiger partial charge in [0, 0.05) is 55.4 Å². The lowest BCUT2D eigenvalue weighted by atomic mass is 9.77. The van der Waals surface area contributed by atoms with Crippen molar-refractivity contribution in [3.8, 4) is 16.9 Å². The molecule has 0 bridgehead atoms. The highest BCUT2D eigenvalue weighted by Crippen LogP contribution is 2.49. The van der Waals surface area contributed by atoms with E-state index in [4.69, 9.17) is 4.18 Å². The van der Waals surface area contributed by atoms with Crippen molar-refractivity contribution in [1.29, 1.82) is 0 Å². The molecule has 3 aliphatic rings. The zero-order valence-electron chi connectivity index (χ0n) is 32.9. The first-order valence-corrected chi connectivity index (χ1v) is 24.3. The van der Waals surface area contributed by atoms with Gasteiger partial charge in [0.1, 0.15) is 10.4 Å². The van der Waals surface area contributed by atoms with Crippen LogP contribution < -0.4 is 13.7 Å². The molecule has 58 heavy (non-hydrogen) atoms. The maximum Gasteiger partial charge on any atom is 0.263 e. The third kappa shape index (κ3) is 10.3. The summed E-state index contributed by atoms with van der Waals surface area (Å²) in [5, 5.41) is 2.86. The largest absolute Gasteiger partial charge is 0.421 e. The maximum absolute atomic E-state index is 11.7. The van der Waals surface area contributed by atoms with Crippen molar-refractivity contribution in [1.82, 2.24) is 0 Å². The molecule has 1 aromatic heterocycles. The molecule has 0 radical (unpaired) electrons. The molecule has 2 aliphatic carbocycles. The third-order valence-corrected chi connectivity index (χ3v) is 15.3. The van der Waals surface area contributed by atoms with Crippen LogP contribution in [0.4, 0.5) is 5.69 Å². The van der Waals surface area contributed by atoms with Crippen LogP contribution in [-0.4, -0.2) is 28.3 Å². The summed E-state index contributed by atoms with van der Waals surface area (Å²) in [5.74, 6) is 3.05. The van der Waals surface area contributed by atoms with Gasteiger partial charge >= 0.3 is 0 Å². The second-order valence-electron chi connectivity index (χ2n) is 14.7. The quantitative estimate of drug-likeness (QED) is 0.0622. The van der Waals surface area contributed by atoms with E-state index in [1.165, 1.54) is 101 Å². The number of para-hydroxylation sites is 1. The Hall–Kier alpha value is -3.93. The molecule has 10 heteroatoms. The van der Waals surface area contributed by atoms with E-state index in [1.807, 2.05) is 53.4 Å². The van der Waals surface area contributed by atoms with Gasteiger partial charge in [-0.1, -0.05) is 113 Å². The van der Waals surface area contributed by atoms with Gasteiger partial charge in [0.15, 0.2) is 16.8 Å². The fourth-order valence-corrected chi connectivity index (χ4v) is 11.7. The number of allylic oxidation sites excluding steroid dienone is 6. The Balaban J connectivity index is 1.06. The Bertz CT molecular complexity index is 2420. The van der Waals surface area contributed by atoms with Crippen LogP contribution in [0.1, 0.15) is 57.4 Å². The van der Waals surface area contributed by atoms with Crippen LogP contribution in [0.3, 0.4) is 0 Å². The van der Waals surface area contributed by atoms with Gasteiger partial charge in [0.25, 0.3) is 5.01 Å². The number of hydrogen-bond donors (Lipinski definition) is 0. The van der Waals surface area contributed by atoms with Crippen LogP contribution in [0, 0.1) is 5.92 Å². The van der Waals surface area contributed by atoms with E-state index in [1.54, 1.807) is 13.8 Å². The molecule has 1 atom stereocenters. The fraction of sp³-hybridized carbons (Fsp3) is 0.271. The van der Waals surface area contributed by atoms with Crippen LogP contribution in [-0.2, 0) is 16.1 Å². The molecule has 4 aromatic carbocycles. The Labute approximate surface area is 363 Å². The van der Waals surface area contributed by atoms with Crippen LogP contribution in [0.15, 0.2) is 147 Å². The number of carbonyl (C=O) groups is 2. The van der Waals surface area contributed by atoms with E-state index in [0.717, 1.165) is 67.3 Å². The van der Waals surface area contributed by atoms with Crippen molar-refractivity contribution in [3.63, 3.8) is 0 Å². The van der Waals surface area contributed by atoms with Crippen LogP contribution >= 0.6 is 58.7 Å². The molecule has 2 heterocycles. The molecule has 5 nitrogen and oxygen atoms in total. The molecule has 0 spiro atoms. The lowest BCUT2D eigenvalue weighted by Gasteiger charge is -2.29. The Kier molecular flexibility index (Phi) is 13.7. The van der Waals surface area contributed by atoms with E-state index < -0.39 is 0 Å². The van der Waals surface area contributed by atoms with E-state index in [0.29, 0.717) is 5.92 Å². The first-order chi connectivity index (χ1) is 28.4. The van der Waals surface area contributed by atoms with Crippen molar-refractivity contribution in [2.75, 3.05) is 23.0 Å². The van der Waals surface area contributed by atoms with Gasteiger partial charge in [-0.3, -0.25) is 9.59 Å². The molecule has 8 rings (SSSR count). The minimum atomic E-state index is 0.169. The standard InChI is InChI=1S/C48H47N2O3S5/c1-33(51)54-25-9-23-49-43-31-39(37-11-5-3-6-12-37)19-21-45(43)56-47(49)29-35-15-17-38-18-16-36(28-40(38)27-35)30-48-50(24-10-26-55-34(2)52)44-32-42(20-22-46(44)57-48)58-53-41-13-7-4-8-14-41/h3-8,11-14,19-22,27-32,38H,9-10,15-18,23-26H2,1-2H3/q+1. The molecule has 1 aliphatic heterocycles. The Morgan fingerprint density at radius 2 is 1.59 bits per heavy atom. The van der Waals surface area contributed by atoms with Gasteiger partial charge in [-0.05, 0) is 108 Å². The summed E-state index contributed by atoms with van der Waals surface area (Å²) in [4.78, 5) is 28.2. The second kappa shape index (κ2) is 19.4. The maximum atomic E-state index is 11.7. The summed E-state index contributed by atoms with van der Waals surface area (Å²) in [5.41, 5.74) is 9.10. The van der Waals surface area contributed by atoms with Gasteiger partial charge in [0.05, 0.1) is 27.7 Å². The van der Waals surface area contributed by atoms with Crippen LogP contribution in [0.5, 0.6) is 5.75 Å². The first-order valence-electron chi connectivity index (χ1n) is 20.0. The van der Waals surface area contributed by atoms with E-state index in [2.05, 4.69) is 101 Å². The average molecular weight is 860 g/mol. The number of carbonyl (C=O) groups excluding carboxylic acids is 2. The summed E-state index contributed by atoms with van der Waals surface area (Å²) in [6, 6.07) is 34.0. The van der Waals surface area contributed by atoms with Gasteiger partial charge < -0.3 is 9.08 Å². The number of fused-ring (bicyclic) bond motifs is 3. The van der Waals surface area contributed by atoms with Gasteiger partial charge in [-0.15, -0.1) is 0 Å². The summed E-state index contributed by atoms with van der Waals surface area (Å²) >= 11 is 7.92. The average Bonchev–Trinajstić information content (AvgIpc) is 3.76. The first kappa shape index (κ1) is 40.8. The lowest BCUT2D eigenvalue weighted by Crippen LogP contribution is -2.35. The highest BCUT2D eigenvalue weighted by Gasteiger charge is 2.29. The highest BCUT2D eigenvalue weighted by atomic mass is 32.2. The number of hydrogen-bond acceptors (Lipinski definition) is 9. The zero-order valence-corrected chi connectivity index (χ0v) is 36.9. The van der Waals surface area contributed by atoms with Crippen LogP contribution in [0.2, 0.25) is 0 Å². The van der Waals surface area contributed by atoms with E-state index >= 15 is 0 Å². The minimum absolute atomic E-state index is 0.169. The number of thiazole rings is 1. The fourth-order valence-electron chi connectivity index (χ4n) is 7.72. The SMILES string of the molecule is CC(=O)SCCCN1C(=CC2=CC3=CC(=Cc4sc5ccc(-c6ccccc6)cc5[n+]4CCCSC(C)=O)CCC3CC2)Sc2ccc(SOc3ccccc3)cc21. The van der Waals surface area contributed by atoms with Crippen molar-refractivity contribution in [3.05, 3.63) is 142 Å².